The maximum Gasteiger partial charge on any atom is 0.224 e. The van der Waals surface area contributed by atoms with E-state index in [1.165, 1.54) is 24.0 Å². The van der Waals surface area contributed by atoms with E-state index >= 15 is 0 Å². The Labute approximate surface area is 157 Å². The number of unbranched alkanes of at least 4 members (excludes halogenated alkanes) is 2. The highest BCUT2D eigenvalue weighted by molar-refractivity contribution is 5.90. The molecule has 1 N–H and O–H groups in total. The van der Waals surface area contributed by atoms with Crippen LogP contribution in [0.1, 0.15) is 63.5 Å². The predicted octanol–water partition coefficient (Wildman–Crippen LogP) is 5.95. The van der Waals surface area contributed by atoms with E-state index in [2.05, 4.69) is 50.4 Å². The standard InChI is InChI=1S/C23H31NO2/c1-4-5-6-17-26-22-14-12-21(13-15-22)24-23(25)16-9-19-7-10-20(11-8-19)18(2)3/h7-8,10-15,18H,4-6,9,16-17H2,1-3H3,(H,24,25). The van der Waals surface area contributed by atoms with Gasteiger partial charge in [-0.05, 0) is 54.2 Å². The van der Waals surface area contributed by atoms with E-state index in [-0.39, 0.29) is 5.91 Å². The third-order valence-electron chi connectivity index (χ3n) is 4.44. The van der Waals surface area contributed by atoms with Gasteiger partial charge in [-0.1, -0.05) is 57.9 Å². The van der Waals surface area contributed by atoms with Gasteiger partial charge in [0, 0.05) is 12.1 Å². The van der Waals surface area contributed by atoms with Crippen molar-refractivity contribution in [3.63, 3.8) is 0 Å². The van der Waals surface area contributed by atoms with Gasteiger partial charge in [0.15, 0.2) is 0 Å². The van der Waals surface area contributed by atoms with E-state index in [0.29, 0.717) is 12.3 Å². The van der Waals surface area contributed by atoms with Crippen molar-refractivity contribution in [3.8, 4) is 5.75 Å². The van der Waals surface area contributed by atoms with E-state index in [0.717, 1.165) is 30.9 Å². The highest BCUT2D eigenvalue weighted by atomic mass is 16.5. The van der Waals surface area contributed by atoms with Gasteiger partial charge in [-0.2, -0.15) is 0 Å². The molecule has 3 nitrogen and oxygen atoms in total. The van der Waals surface area contributed by atoms with E-state index < -0.39 is 0 Å². The van der Waals surface area contributed by atoms with Crippen molar-refractivity contribution in [1.29, 1.82) is 0 Å². The van der Waals surface area contributed by atoms with Crippen molar-refractivity contribution in [2.24, 2.45) is 0 Å². The van der Waals surface area contributed by atoms with Gasteiger partial charge in [0.05, 0.1) is 6.61 Å². The van der Waals surface area contributed by atoms with Crippen LogP contribution in [0.2, 0.25) is 0 Å². The quantitative estimate of drug-likeness (QED) is 0.536. The summed E-state index contributed by atoms with van der Waals surface area (Å²) in [5.74, 6) is 1.42. The minimum Gasteiger partial charge on any atom is -0.494 e. The smallest absolute Gasteiger partial charge is 0.224 e. The number of ether oxygens (including phenoxy) is 1. The molecule has 0 aliphatic carbocycles. The van der Waals surface area contributed by atoms with Crippen molar-refractivity contribution >= 4 is 11.6 Å². The van der Waals surface area contributed by atoms with Crippen molar-refractivity contribution in [1.82, 2.24) is 0 Å². The molecule has 0 unspecified atom stereocenters. The van der Waals surface area contributed by atoms with Crippen LogP contribution < -0.4 is 10.1 Å². The molecule has 0 aromatic heterocycles. The van der Waals surface area contributed by atoms with Crippen LogP contribution in [0.25, 0.3) is 0 Å². The zero-order chi connectivity index (χ0) is 18.8. The Morgan fingerprint density at radius 3 is 2.31 bits per heavy atom. The minimum atomic E-state index is 0.0366. The number of carbonyl (C=O) groups excluding carboxylic acids is 1. The van der Waals surface area contributed by atoms with Crippen LogP contribution in [-0.4, -0.2) is 12.5 Å². The highest BCUT2D eigenvalue weighted by Gasteiger charge is 2.05. The van der Waals surface area contributed by atoms with E-state index in [1.54, 1.807) is 0 Å². The molecule has 3 heteroatoms. The summed E-state index contributed by atoms with van der Waals surface area (Å²) in [6.07, 6.45) is 4.69. The fourth-order valence-corrected chi connectivity index (χ4v) is 2.73. The van der Waals surface area contributed by atoms with Gasteiger partial charge in [-0.25, -0.2) is 0 Å². The fourth-order valence-electron chi connectivity index (χ4n) is 2.73. The Morgan fingerprint density at radius 1 is 1.00 bits per heavy atom. The molecule has 1 amide bonds. The summed E-state index contributed by atoms with van der Waals surface area (Å²) >= 11 is 0. The second-order valence-corrected chi connectivity index (χ2v) is 7.02. The summed E-state index contributed by atoms with van der Waals surface area (Å²) in [6.45, 7) is 7.29. The van der Waals surface area contributed by atoms with Crippen LogP contribution in [0.5, 0.6) is 5.75 Å². The zero-order valence-corrected chi connectivity index (χ0v) is 16.3. The Hall–Kier alpha value is -2.29. The first kappa shape index (κ1) is 20.0. The molecule has 0 saturated carbocycles. The largest absolute Gasteiger partial charge is 0.494 e. The molecule has 0 aliphatic heterocycles. The molecule has 26 heavy (non-hydrogen) atoms. The molecular formula is C23H31NO2. The molecule has 0 bridgehead atoms. The number of nitrogens with one attached hydrogen (secondary N) is 1. The van der Waals surface area contributed by atoms with E-state index in [4.69, 9.17) is 4.74 Å². The number of carbonyl (C=O) groups is 1. The van der Waals surface area contributed by atoms with Gasteiger partial charge in [0.2, 0.25) is 5.91 Å². The van der Waals surface area contributed by atoms with Crippen LogP contribution in [0.4, 0.5) is 5.69 Å². The Kier molecular flexibility index (Phi) is 8.20. The summed E-state index contributed by atoms with van der Waals surface area (Å²) in [6, 6.07) is 16.1. The number of benzene rings is 2. The number of amides is 1. The summed E-state index contributed by atoms with van der Waals surface area (Å²) < 4.78 is 5.69. The maximum atomic E-state index is 12.1. The van der Waals surface area contributed by atoms with Gasteiger partial charge < -0.3 is 10.1 Å². The Morgan fingerprint density at radius 2 is 1.69 bits per heavy atom. The van der Waals surface area contributed by atoms with Crippen LogP contribution in [0.15, 0.2) is 48.5 Å². The SMILES string of the molecule is CCCCCOc1ccc(NC(=O)CCc2ccc(C(C)C)cc2)cc1. The lowest BCUT2D eigenvalue weighted by molar-refractivity contribution is -0.116. The molecule has 0 atom stereocenters. The lowest BCUT2D eigenvalue weighted by Crippen LogP contribution is -2.12. The molecule has 2 aromatic rings. The number of aryl methyl sites for hydroxylation is 1. The summed E-state index contributed by atoms with van der Waals surface area (Å²) in [5, 5.41) is 2.95. The van der Waals surface area contributed by atoms with Crippen LogP contribution >= 0.6 is 0 Å². The fraction of sp³-hybridized carbons (Fsp3) is 0.435. The lowest BCUT2D eigenvalue weighted by atomic mass is 10.0. The Bertz CT molecular complexity index is 660. The predicted molar refractivity (Wildman–Crippen MR) is 109 cm³/mol. The number of rotatable bonds is 10. The van der Waals surface area contributed by atoms with Crippen LogP contribution in [-0.2, 0) is 11.2 Å². The van der Waals surface area contributed by atoms with Gasteiger partial charge in [-0.3, -0.25) is 4.79 Å². The molecule has 0 heterocycles. The first-order valence-electron chi connectivity index (χ1n) is 9.70. The first-order valence-corrected chi connectivity index (χ1v) is 9.70. The monoisotopic (exact) mass is 353 g/mol. The average molecular weight is 354 g/mol. The minimum absolute atomic E-state index is 0.0366. The van der Waals surface area contributed by atoms with Gasteiger partial charge in [0.25, 0.3) is 0 Å². The molecule has 0 saturated heterocycles. The highest BCUT2D eigenvalue weighted by Crippen LogP contribution is 2.18. The van der Waals surface area contributed by atoms with Crippen LogP contribution in [0.3, 0.4) is 0 Å². The van der Waals surface area contributed by atoms with Crippen molar-refractivity contribution < 1.29 is 9.53 Å². The molecule has 2 aromatic carbocycles. The Balaban J connectivity index is 1.75. The van der Waals surface area contributed by atoms with Crippen molar-refractivity contribution in [2.45, 2.75) is 58.8 Å². The van der Waals surface area contributed by atoms with Crippen LogP contribution in [0, 0.1) is 0 Å². The van der Waals surface area contributed by atoms with Crippen molar-refractivity contribution in [2.75, 3.05) is 11.9 Å². The summed E-state index contributed by atoms with van der Waals surface area (Å²) in [5.41, 5.74) is 3.33. The molecular weight excluding hydrogens is 322 g/mol. The molecule has 0 spiro atoms. The summed E-state index contributed by atoms with van der Waals surface area (Å²) in [7, 11) is 0. The molecule has 2 rings (SSSR count). The maximum absolute atomic E-state index is 12.1. The topological polar surface area (TPSA) is 38.3 Å². The van der Waals surface area contributed by atoms with E-state index in [1.807, 2.05) is 24.3 Å². The number of hydrogen-bond donors (Lipinski definition) is 1. The lowest BCUT2D eigenvalue weighted by Gasteiger charge is -2.09. The van der Waals surface area contributed by atoms with E-state index in [9.17, 15) is 4.79 Å². The molecule has 0 aliphatic rings. The second-order valence-electron chi connectivity index (χ2n) is 7.02. The third-order valence-corrected chi connectivity index (χ3v) is 4.44. The molecule has 140 valence electrons. The summed E-state index contributed by atoms with van der Waals surface area (Å²) in [4.78, 5) is 12.1. The van der Waals surface area contributed by atoms with Gasteiger partial charge >= 0.3 is 0 Å². The van der Waals surface area contributed by atoms with Gasteiger partial charge in [0.1, 0.15) is 5.75 Å². The first-order chi connectivity index (χ1) is 12.6. The zero-order valence-electron chi connectivity index (χ0n) is 16.3. The third kappa shape index (κ3) is 6.91. The normalized spacial score (nSPS) is 10.8. The van der Waals surface area contributed by atoms with Crippen molar-refractivity contribution in [3.05, 3.63) is 59.7 Å². The molecule has 0 fully saturated rings. The second kappa shape index (κ2) is 10.6. The number of hydrogen-bond acceptors (Lipinski definition) is 2. The molecule has 0 radical (unpaired) electrons. The van der Waals surface area contributed by atoms with Gasteiger partial charge in [-0.15, -0.1) is 0 Å². The average Bonchev–Trinajstić information content (AvgIpc) is 2.65. The number of anilines is 1.